The van der Waals surface area contributed by atoms with E-state index in [9.17, 15) is 18.4 Å². The third kappa shape index (κ3) is 4.38. The molecule has 1 aromatic rings. The van der Waals surface area contributed by atoms with Crippen molar-refractivity contribution < 1.29 is 23.5 Å². The van der Waals surface area contributed by atoms with E-state index in [1.54, 1.807) is 0 Å². The number of carboxylic acids is 1. The summed E-state index contributed by atoms with van der Waals surface area (Å²) in [6.07, 6.45) is 1.39. The maximum atomic E-state index is 12.9. The van der Waals surface area contributed by atoms with Crippen molar-refractivity contribution in [2.75, 3.05) is 5.32 Å². The summed E-state index contributed by atoms with van der Waals surface area (Å²) in [4.78, 5) is 22.2. The number of aliphatic carboxylic acids is 1. The highest BCUT2D eigenvalue weighted by Crippen LogP contribution is 2.12. The van der Waals surface area contributed by atoms with Crippen LogP contribution in [0.15, 0.2) is 30.9 Å². The first-order valence-corrected chi connectivity index (χ1v) is 5.30. The number of carbonyl (C=O) groups excluding carboxylic acids is 1. The van der Waals surface area contributed by atoms with Gasteiger partial charge in [-0.1, -0.05) is 6.08 Å². The van der Waals surface area contributed by atoms with Crippen LogP contribution in [-0.4, -0.2) is 23.1 Å². The number of hydrogen-bond donors (Lipinski definition) is 3. The maximum Gasteiger partial charge on any atom is 0.326 e. The maximum absolute atomic E-state index is 12.9. The highest BCUT2D eigenvalue weighted by Gasteiger charge is 2.18. The molecule has 1 rings (SSSR count). The van der Waals surface area contributed by atoms with Crippen molar-refractivity contribution in [1.29, 1.82) is 0 Å². The van der Waals surface area contributed by atoms with Crippen molar-refractivity contribution in [2.24, 2.45) is 0 Å². The molecule has 0 saturated carbocycles. The van der Waals surface area contributed by atoms with E-state index in [4.69, 9.17) is 5.11 Å². The van der Waals surface area contributed by atoms with Crippen LogP contribution in [0.25, 0.3) is 0 Å². The normalized spacial score (nSPS) is 11.5. The molecule has 0 saturated heterocycles. The van der Waals surface area contributed by atoms with Gasteiger partial charge in [-0.15, -0.1) is 6.58 Å². The van der Waals surface area contributed by atoms with Gasteiger partial charge >= 0.3 is 12.0 Å². The fourth-order valence-electron chi connectivity index (χ4n) is 1.29. The molecule has 0 fully saturated rings. The molecule has 0 bridgehead atoms. The Labute approximate surface area is 107 Å². The predicted octanol–water partition coefficient (Wildman–Crippen LogP) is 2.12. The number of hydrogen-bond acceptors (Lipinski definition) is 2. The molecular weight excluding hydrogens is 258 g/mol. The lowest BCUT2D eigenvalue weighted by molar-refractivity contribution is -0.139. The Bertz CT molecular complexity index is 506. The number of urea groups is 1. The number of nitrogens with one attached hydrogen (secondary N) is 2. The number of benzene rings is 1. The lowest BCUT2D eigenvalue weighted by atomic mass is 10.2. The van der Waals surface area contributed by atoms with Gasteiger partial charge in [-0.2, -0.15) is 0 Å². The van der Waals surface area contributed by atoms with Crippen LogP contribution in [0.1, 0.15) is 6.42 Å². The van der Waals surface area contributed by atoms with Crippen LogP contribution < -0.4 is 10.6 Å². The first-order chi connectivity index (χ1) is 8.93. The van der Waals surface area contributed by atoms with E-state index in [0.29, 0.717) is 0 Å². The van der Waals surface area contributed by atoms with Crippen LogP contribution in [0, 0.1) is 11.6 Å². The van der Waals surface area contributed by atoms with Gasteiger partial charge in [0.1, 0.15) is 6.04 Å². The quantitative estimate of drug-likeness (QED) is 0.717. The third-order valence-electron chi connectivity index (χ3n) is 2.18. The molecule has 1 aromatic carbocycles. The SMILES string of the molecule is C=CCC(NC(=O)Nc1ccc(F)c(F)c1)C(=O)O. The Kier molecular flexibility index (Phi) is 4.99. The van der Waals surface area contributed by atoms with Gasteiger partial charge in [0.2, 0.25) is 0 Å². The van der Waals surface area contributed by atoms with Gasteiger partial charge < -0.3 is 15.7 Å². The molecule has 0 heterocycles. The fourth-order valence-corrected chi connectivity index (χ4v) is 1.29. The Balaban J connectivity index is 2.65. The van der Waals surface area contributed by atoms with E-state index in [2.05, 4.69) is 17.2 Å². The van der Waals surface area contributed by atoms with Gasteiger partial charge in [-0.05, 0) is 18.6 Å². The Morgan fingerprint density at radius 2 is 2.05 bits per heavy atom. The lowest BCUT2D eigenvalue weighted by Crippen LogP contribution is -2.42. The second kappa shape index (κ2) is 6.48. The number of carboxylic acid groups (broad SMARTS) is 1. The van der Waals surface area contributed by atoms with Crippen molar-refractivity contribution in [3.05, 3.63) is 42.5 Å². The summed E-state index contributed by atoms with van der Waals surface area (Å²) in [5.74, 6) is -3.37. The van der Waals surface area contributed by atoms with Crippen molar-refractivity contribution in [3.63, 3.8) is 0 Å². The summed E-state index contributed by atoms with van der Waals surface area (Å²) in [5, 5.41) is 13.2. The highest BCUT2D eigenvalue weighted by atomic mass is 19.2. The molecule has 19 heavy (non-hydrogen) atoms. The number of carbonyl (C=O) groups is 2. The molecule has 0 aromatic heterocycles. The molecule has 5 nitrogen and oxygen atoms in total. The van der Waals surface area contributed by atoms with E-state index in [1.807, 2.05) is 0 Å². The van der Waals surface area contributed by atoms with Crippen molar-refractivity contribution in [1.82, 2.24) is 5.32 Å². The minimum Gasteiger partial charge on any atom is -0.480 e. The van der Waals surface area contributed by atoms with Gasteiger partial charge in [0.25, 0.3) is 0 Å². The Morgan fingerprint density at radius 3 is 2.58 bits per heavy atom. The molecule has 1 atom stereocenters. The standard InChI is InChI=1S/C12H12F2N2O3/c1-2-3-10(11(17)18)16-12(19)15-7-4-5-8(13)9(14)6-7/h2,4-6,10H,1,3H2,(H,17,18)(H2,15,16,19). The molecule has 1 unspecified atom stereocenters. The highest BCUT2D eigenvalue weighted by molar-refractivity contribution is 5.92. The van der Waals surface area contributed by atoms with E-state index >= 15 is 0 Å². The second-order valence-electron chi connectivity index (χ2n) is 3.64. The zero-order chi connectivity index (χ0) is 14.4. The van der Waals surface area contributed by atoms with Crippen LogP contribution in [0.2, 0.25) is 0 Å². The second-order valence-corrected chi connectivity index (χ2v) is 3.64. The summed E-state index contributed by atoms with van der Waals surface area (Å²) in [6, 6.07) is 0.825. The summed E-state index contributed by atoms with van der Waals surface area (Å²) >= 11 is 0. The van der Waals surface area contributed by atoms with E-state index in [0.717, 1.165) is 18.2 Å². The first kappa shape index (κ1) is 14.6. The van der Waals surface area contributed by atoms with Crippen LogP contribution in [0.5, 0.6) is 0 Å². The van der Waals surface area contributed by atoms with Gasteiger partial charge in [0.15, 0.2) is 11.6 Å². The molecule has 0 aliphatic carbocycles. The van der Waals surface area contributed by atoms with Crippen molar-refractivity contribution in [3.8, 4) is 0 Å². The van der Waals surface area contributed by atoms with E-state index in [1.165, 1.54) is 6.08 Å². The average Bonchev–Trinajstić information content (AvgIpc) is 2.33. The molecule has 0 spiro atoms. The smallest absolute Gasteiger partial charge is 0.326 e. The zero-order valence-electron chi connectivity index (χ0n) is 9.82. The molecule has 2 amide bonds. The Morgan fingerprint density at radius 1 is 1.37 bits per heavy atom. The molecule has 0 radical (unpaired) electrons. The summed E-state index contributed by atoms with van der Waals surface area (Å²) in [5.41, 5.74) is 0.0131. The van der Waals surface area contributed by atoms with E-state index in [-0.39, 0.29) is 12.1 Å². The van der Waals surface area contributed by atoms with Gasteiger partial charge in [-0.25, -0.2) is 18.4 Å². The third-order valence-corrected chi connectivity index (χ3v) is 2.18. The van der Waals surface area contributed by atoms with Gasteiger partial charge in [-0.3, -0.25) is 0 Å². The predicted molar refractivity (Wildman–Crippen MR) is 64.8 cm³/mol. The molecule has 7 heteroatoms. The summed E-state index contributed by atoms with van der Waals surface area (Å²) in [6.45, 7) is 3.37. The molecule has 0 aliphatic heterocycles. The largest absolute Gasteiger partial charge is 0.480 e. The minimum absolute atomic E-state index is 0.0131. The molecule has 102 valence electrons. The number of halogens is 2. The topological polar surface area (TPSA) is 78.4 Å². The van der Waals surface area contributed by atoms with Gasteiger partial charge in [0.05, 0.1) is 0 Å². The average molecular weight is 270 g/mol. The van der Waals surface area contributed by atoms with Crippen LogP contribution in [0.3, 0.4) is 0 Å². The number of amides is 2. The monoisotopic (exact) mass is 270 g/mol. The van der Waals surface area contributed by atoms with Crippen molar-refractivity contribution >= 4 is 17.7 Å². The summed E-state index contributed by atoms with van der Waals surface area (Å²) < 4.78 is 25.5. The van der Waals surface area contributed by atoms with Crippen LogP contribution in [0.4, 0.5) is 19.3 Å². The van der Waals surface area contributed by atoms with Crippen molar-refractivity contribution in [2.45, 2.75) is 12.5 Å². The Hall–Kier alpha value is -2.44. The minimum atomic E-state index is -1.22. The molecule has 3 N–H and O–H groups in total. The molecule has 0 aliphatic rings. The van der Waals surface area contributed by atoms with Crippen LogP contribution in [-0.2, 0) is 4.79 Å². The molecular formula is C12H12F2N2O3. The fraction of sp³-hybridized carbons (Fsp3) is 0.167. The van der Waals surface area contributed by atoms with Gasteiger partial charge in [0, 0.05) is 11.8 Å². The zero-order valence-corrected chi connectivity index (χ0v) is 9.82. The first-order valence-electron chi connectivity index (χ1n) is 5.30. The van der Waals surface area contributed by atoms with E-state index < -0.39 is 29.7 Å². The summed E-state index contributed by atoms with van der Waals surface area (Å²) in [7, 11) is 0. The lowest BCUT2D eigenvalue weighted by Gasteiger charge is -2.13. The van der Waals surface area contributed by atoms with Crippen LogP contribution >= 0.6 is 0 Å². The number of anilines is 1. The number of rotatable bonds is 5.